The van der Waals surface area contributed by atoms with Gasteiger partial charge in [-0.3, -0.25) is 10.1 Å². The Morgan fingerprint density at radius 1 is 0.774 bits per heavy atom. The molecule has 0 bridgehead atoms. The van der Waals surface area contributed by atoms with Crippen molar-refractivity contribution in [2.24, 2.45) is 0 Å². The van der Waals surface area contributed by atoms with Crippen molar-refractivity contribution in [2.45, 2.75) is 25.2 Å². The lowest BCUT2D eigenvalue weighted by atomic mass is 10.1. The number of halogens is 6. The van der Waals surface area contributed by atoms with Crippen LogP contribution < -0.4 is 10.6 Å². The molecule has 0 fully saturated rings. The van der Waals surface area contributed by atoms with Crippen LogP contribution in [0.15, 0.2) is 60.6 Å². The highest BCUT2D eigenvalue weighted by molar-refractivity contribution is 5.25. The van der Waals surface area contributed by atoms with Crippen LogP contribution in [0.5, 0.6) is 0 Å². The van der Waals surface area contributed by atoms with Gasteiger partial charge in [0, 0.05) is 13.1 Å². The van der Waals surface area contributed by atoms with E-state index in [1.807, 2.05) is 0 Å². The molecule has 5 nitrogen and oxygen atoms in total. The minimum atomic E-state index is -4.42. The predicted molar refractivity (Wildman–Crippen MR) is 101 cm³/mol. The average molecular weight is 447 g/mol. The van der Waals surface area contributed by atoms with E-state index in [0.717, 1.165) is 24.3 Å². The van der Waals surface area contributed by atoms with Crippen molar-refractivity contribution >= 4 is 0 Å². The van der Waals surface area contributed by atoms with Crippen LogP contribution in [-0.4, -0.2) is 18.0 Å². The van der Waals surface area contributed by atoms with E-state index in [9.17, 15) is 36.5 Å². The van der Waals surface area contributed by atoms with Crippen LogP contribution >= 0.6 is 0 Å². The highest BCUT2D eigenvalue weighted by Crippen LogP contribution is 2.29. The summed E-state index contributed by atoms with van der Waals surface area (Å²) in [6.45, 7) is 0.441. The minimum Gasteiger partial charge on any atom is -0.366 e. The molecular formula is C20H19F6N3O2. The van der Waals surface area contributed by atoms with Gasteiger partial charge in [-0.1, -0.05) is 24.3 Å². The minimum absolute atomic E-state index is 0.0869. The molecule has 168 valence electrons. The topological polar surface area (TPSA) is 67.2 Å². The number of hydrogen-bond donors (Lipinski definition) is 2. The fourth-order valence-electron chi connectivity index (χ4n) is 2.66. The molecule has 0 spiro atoms. The first kappa shape index (κ1) is 24.0. The molecule has 11 heteroatoms. The van der Waals surface area contributed by atoms with E-state index in [0.29, 0.717) is 30.2 Å². The van der Waals surface area contributed by atoms with Gasteiger partial charge in [0.25, 0.3) is 6.20 Å². The third-order valence-corrected chi connectivity index (χ3v) is 4.26. The van der Waals surface area contributed by atoms with Crippen LogP contribution in [0.25, 0.3) is 0 Å². The summed E-state index contributed by atoms with van der Waals surface area (Å²) in [4.78, 5) is 10.1. The molecule has 0 aromatic heterocycles. The Kier molecular flexibility index (Phi) is 7.89. The molecular weight excluding hydrogens is 428 g/mol. The van der Waals surface area contributed by atoms with Gasteiger partial charge in [0.1, 0.15) is 0 Å². The Bertz CT molecular complexity index is 826. The summed E-state index contributed by atoms with van der Waals surface area (Å²) in [6.07, 6.45) is -7.48. The van der Waals surface area contributed by atoms with Crippen molar-refractivity contribution in [2.75, 3.05) is 13.1 Å². The Balaban J connectivity index is 1.85. The summed E-state index contributed by atoms with van der Waals surface area (Å²) in [6, 6.07) is 9.19. The third kappa shape index (κ3) is 8.19. The van der Waals surface area contributed by atoms with Crippen molar-refractivity contribution in [1.82, 2.24) is 10.6 Å². The fraction of sp³-hybridized carbons (Fsp3) is 0.300. The molecule has 0 saturated carbocycles. The second kappa shape index (κ2) is 10.2. The number of benzene rings is 2. The van der Waals surface area contributed by atoms with E-state index in [-0.39, 0.29) is 18.9 Å². The van der Waals surface area contributed by atoms with Crippen molar-refractivity contribution in [3.63, 3.8) is 0 Å². The molecule has 0 saturated heterocycles. The van der Waals surface area contributed by atoms with E-state index in [1.165, 1.54) is 24.3 Å². The van der Waals surface area contributed by atoms with E-state index in [1.54, 1.807) is 0 Å². The summed E-state index contributed by atoms with van der Waals surface area (Å²) < 4.78 is 75.4. The second-order valence-corrected chi connectivity index (χ2v) is 6.57. The van der Waals surface area contributed by atoms with Crippen molar-refractivity contribution in [3.05, 3.63) is 92.9 Å². The predicted octanol–water partition coefficient (Wildman–Crippen LogP) is 4.76. The van der Waals surface area contributed by atoms with Crippen LogP contribution in [0, 0.1) is 10.1 Å². The SMILES string of the molecule is O=[N+]([O-])C=C(NCCc1ccc(C(F)(F)F)cc1)NCCc1ccc(C(F)(F)F)cc1. The van der Waals surface area contributed by atoms with Crippen LogP contribution in [0.3, 0.4) is 0 Å². The number of nitro groups is 1. The molecule has 2 rings (SSSR count). The Labute approximate surface area is 173 Å². The summed E-state index contributed by atoms with van der Waals surface area (Å²) in [7, 11) is 0. The molecule has 2 aromatic rings. The van der Waals surface area contributed by atoms with Crippen LogP contribution in [0.1, 0.15) is 22.3 Å². The monoisotopic (exact) mass is 447 g/mol. The third-order valence-electron chi connectivity index (χ3n) is 4.26. The molecule has 0 radical (unpaired) electrons. The number of nitrogens with one attached hydrogen (secondary N) is 2. The van der Waals surface area contributed by atoms with E-state index in [2.05, 4.69) is 10.6 Å². The number of alkyl halides is 6. The number of nitrogens with zero attached hydrogens (tertiary/aromatic N) is 1. The van der Waals surface area contributed by atoms with E-state index in [4.69, 9.17) is 0 Å². The molecule has 31 heavy (non-hydrogen) atoms. The molecule has 0 atom stereocenters. The van der Waals surface area contributed by atoms with Crippen molar-refractivity contribution < 1.29 is 31.3 Å². The molecule has 0 aliphatic carbocycles. The van der Waals surface area contributed by atoms with Gasteiger partial charge in [-0.2, -0.15) is 26.3 Å². The van der Waals surface area contributed by atoms with E-state index >= 15 is 0 Å². The lowest BCUT2D eigenvalue weighted by Gasteiger charge is -2.12. The first-order chi connectivity index (χ1) is 14.4. The molecule has 2 aromatic carbocycles. The lowest BCUT2D eigenvalue weighted by Crippen LogP contribution is -2.30. The fourth-order valence-corrected chi connectivity index (χ4v) is 2.66. The molecule has 0 aliphatic heterocycles. The normalized spacial score (nSPS) is 11.7. The first-order valence-corrected chi connectivity index (χ1v) is 9.10. The number of hydrogen-bond acceptors (Lipinski definition) is 4. The highest BCUT2D eigenvalue weighted by atomic mass is 19.4. The molecule has 0 aliphatic rings. The maximum Gasteiger partial charge on any atom is 0.416 e. The Morgan fingerprint density at radius 3 is 1.42 bits per heavy atom. The highest BCUT2D eigenvalue weighted by Gasteiger charge is 2.30. The van der Waals surface area contributed by atoms with Gasteiger partial charge in [0.05, 0.1) is 16.1 Å². The number of rotatable bonds is 9. The average Bonchev–Trinajstić information content (AvgIpc) is 2.67. The van der Waals surface area contributed by atoms with Gasteiger partial charge in [-0.05, 0) is 48.2 Å². The molecule has 0 amide bonds. The van der Waals surface area contributed by atoms with Crippen LogP contribution in [0.4, 0.5) is 26.3 Å². The maximum absolute atomic E-state index is 12.6. The smallest absolute Gasteiger partial charge is 0.366 e. The summed E-state index contributed by atoms with van der Waals surface area (Å²) in [5, 5.41) is 16.4. The largest absolute Gasteiger partial charge is 0.416 e. The molecule has 2 N–H and O–H groups in total. The van der Waals surface area contributed by atoms with Gasteiger partial charge >= 0.3 is 12.4 Å². The summed E-state index contributed by atoms with van der Waals surface area (Å²) in [5.41, 5.74) is -0.289. The van der Waals surface area contributed by atoms with Crippen LogP contribution in [-0.2, 0) is 25.2 Å². The Hall–Kier alpha value is -3.24. The molecule has 0 heterocycles. The van der Waals surface area contributed by atoms with Crippen molar-refractivity contribution in [1.29, 1.82) is 0 Å². The lowest BCUT2D eigenvalue weighted by molar-refractivity contribution is -0.404. The summed E-state index contributed by atoms with van der Waals surface area (Å²) >= 11 is 0. The van der Waals surface area contributed by atoms with Gasteiger partial charge in [0.15, 0.2) is 5.82 Å². The van der Waals surface area contributed by atoms with Gasteiger partial charge in [0.2, 0.25) is 0 Å². The maximum atomic E-state index is 12.6. The standard InChI is InChI=1S/C20H19F6N3O2/c21-19(22,23)16-5-1-14(2-6-16)9-11-27-18(13-29(30)31)28-12-10-15-3-7-17(8-4-15)20(24,25)26/h1-8,13,27-28H,9-12H2. The zero-order valence-corrected chi connectivity index (χ0v) is 16.1. The second-order valence-electron chi connectivity index (χ2n) is 6.57. The quantitative estimate of drug-likeness (QED) is 0.330. The van der Waals surface area contributed by atoms with E-state index < -0.39 is 28.4 Å². The zero-order chi connectivity index (χ0) is 23.1. The van der Waals surface area contributed by atoms with Gasteiger partial charge in [-0.25, -0.2) is 0 Å². The van der Waals surface area contributed by atoms with Crippen molar-refractivity contribution in [3.8, 4) is 0 Å². The van der Waals surface area contributed by atoms with Crippen LogP contribution in [0.2, 0.25) is 0 Å². The summed E-state index contributed by atoms with van der Waals surface area (Å²) in [5.74, 6) is 0.0869. The first-order valence-electron chi connectivity index (χ1n) is 9.10. The van der Waals surface area contributed by atoms with Gasteiger partial charge in [-0.15, -0.1) is 0 Å². The Morgan fingerprint density at radius 2 is 1.13 bits per heavy atom. The zero-order valence-electron chi connectivity index (χ0n) is 16.1. The molecule has 0 unspecified atom stereocenters. The van der Waals surface area contributed by atoms with Gasteiger partial charge < -0.3 is 10.6 Å².